The molecule has 7 heteroatoms. The molecule has 2 aromatic carbocycles. The highest BCUT2D eigenvalue weighted by atomic mass is 35.5. The monoisotopic (exact) mass is 414 g/mol. The normalized spacial score (nSPS) is 10.8. The van der Waals surface area contributed by atoms with Gasteiger partial charge in [-0.15, -0.1) is 12.4 Å². The minimum atomic E-state index is -0.187. The summed E-state index contributed by atoms with van der Waals surface area (Å²) in [5.74, 6) is -0.187. The number of amides is 1. The van der Waals surface area contributed by atoms with E-state index in [1.165, 1.54) is 0 Å². The number of H-pyrrole nitrogens is 1. The molecule has 0 aliphatic carbocycles. The van der Waals surface area contributed by atoms with Gasteiger partial charge in [0.25, 0.3) is 5.91 Å². The van der Waals surface area contributed by atoms with E-state index in [0.29, 0.717) is 23.8 Å². The van der Waals surface area contributed by atoms with Crippen LogP contribution in [-0.2, 0) is 0 Å². The number of fused-ring (bicyclic) bond motifs is 3. The molecule has 0 spiro atoms. The second kappa shape index (κ2) is 8.61. The van der Waals surface area contributed by atoms with Crippen LogP contribution in [0.5, 0.6) is 0 Å². The standard InChI is InChI=1S/C21H19ClN4O.ClH/c1-23-10-11-24-21(27)18-12-16-15-4-2-3-5-17(15)25-20(16)19(26-18)13-6-8-14(22)9-7-13;/h2-9,12,23,25H,10-11H2,1H3,(H,24,27);1H. The van der Waals surface area contributed by atoms with E-state index in [-0.39, 0.29) is 18.3 Å². The van der Waals surface area contributed by atoms with Crippen LogP contribution in [0.25, 0.3) is 33.1 Å². The molecule has 4 rings (SSSR count). The topological polar surface area (TPSA) is 69.8 Å². The largest absolute Gasteiger partial charge is 0.353 e. The summed E-state index contributed by atoms with van der Waals surface area (Å²) in [5, 5.41) is 8.61. The number of aromatic amines is 1. The molecule has 2 heterocycles. The number of nitrogens with one attached hydrogen (secondary N) is 3. The summed E-state index contributed by atoms with van der Waals surface area (Å²) in [5.41, 5.74) is 3.95. The number of pyridine rings is 1. The first-order chi connectivity index (χ1) is 13.2. The van der Waals surface area contributed by atoms with Crippen molar-refractivity contribution >= 4 is 51.7 Å². The Kier molecular flexibility index (Phi) is 6.19. The first-order valence-corrected chi connectivity index (χ1v) is 9.15. The second-order valence-electron chi connectivity index (χ2n) is 6.32. The number of carbonyl (C=O) groups is 1. The summed E-state index contributed by atoms with van der Waals surface area (Å²) in [6.45, 7) is 1.24. The van der Waals surface area contributed by atoms with E-state index in [1.54, 1.807) is 0 Å². The molecule has 2 aromatic heterocycles. The summed E-state index contributed by atoms with van der Waals surface area (Å²) < 4.78 is 0. The van der Waals surface area contributed by atoms with Gasteiger partial charge in [0.1, 0.15) is 5.69 Å². The van der Waals surface area contributed by atoms with Crippen molar-refractivity contribution in [3.63, 3.8) is 0 Å². The fourth-order valence-corrected chi connectivity index (χ4v) is 3.30. The van der Waals surface area contributed by atoms with Crippen LogP contribution >= 0.6 is 24.0 Å². The summed E-state index contributed by atoms with van der Waals surface area (Å²) in [6, 6.07) is 17.4. The first kappa shape index (κ1) is 20.1. The highest BCUT2D eigenvalue weighted by Crippen LogP contribution is 2.33. The molecule has 5 nitrogen and oxygen atoms in total. The summed E-state index contributed by atoms with van der Waals surface area (Å²) in [7, 11) is 1.85. The molecular formula is C21H20Cl2N4O. The van der Waals surface area contributed by atoms with Crippen molar-refractivity contribution in [3.05, 3.63) is 65.3 Å². The van der Waals surface area contributed by atoms with Crippen LogP contribution in [-0.4, -0.2) is 36.0 Å². The highest BCUT2D eigenvalue weighted by Gasteiger charge is 2.16. The molecule has 0 aliphatic heterocycles. The van der Waals surface area contributed by atoms with E-state index in [4.69, 9.17) is 11.6 Å². The van der Waals surface area contributed by atoms with E-state index in [0.717, 1.165) is 33.1 Å². The quantitative estimate of drug-likeness (QED) is 0.423. The van der Waals surface area contributed by atoms with E-state index < -0.39 is 0 Å². The Hall–Kier alpha value is -2.60. The Bertz CT molecular complexity index is 1120. The lowest BCUT2D eigenvalue weighted by atomic mass is 10.1. The Balaban J connectivity index is 0.00000225. The molecule has 144 valence electrons. The van der Waals surface area contributed by atoms with Gasteiger partial charge in [-0.3, -0.25) is 4.79 Å². The minimum Gasteiger partial charge on any atom is -0.353 e. The zero-order chi connectivity index (χ0) is 18.8. The molecule has 0 radical (unpaired) electrons. The third kappa shape index (κ3) is 3.83. The molecule has 4 aromatic rings. The molecule has 0 bridgehead atoms. The number of para-hydroxylation sites is 1. The fourth-order valence-electron chi connectivity index (χ4n) is 3.17. The van der Waals surface area contributed by atoms with Gasteiger partial charge in [-0.05, 0) is 31.3 Å². The van der Waals surface area contributed by atoms with Gasteiger partial charge in [0, 0.05) is 40.0 Å². The van der Waals surface area contributed by atoms with Crippen LogP contribution in [0.4, 0.5) is 0 Å². The van der Waals surface area contributed by atoms with Crippen molar-refractivity contribution in [1.29, 1.82) is 0 Å². The zero-order valence-electron chi connectivity index (χ0n) is 15.3. The maximum absolute atomic E-state index is 12.6. The number of likely N-dealkylation sites (N-methyl/N-ethyl adjacent to an activating group) is 1. The Labute approximate surface area is 173 Å². The molecule has 3 N–H and O–H groups in total. The van der Waals surface area contributed by atoms with Gasteiger partial charge in [-0.2, -0.15) is 0 Å². The minimum absolute atomic E-state index is 0. The number of hydrogen-bond acceptors (Lipinski definition) is 3. The zero-order valence-corrected chi connectivity index (χ0v) is 16.8. The van der Waals surface area contributed by atoms with Crippen molar-refractivity contribution < 1.29 is 4.79 Å². The molecule has 0 atom stereocenters. The molecule has 28 heavy (non-hydrogen) atoms. The van der Waals surface area contributed by atoms with Gasteiger partial charge >= 0.3 is 0 Å². The molecular weight excluding hydrogens is 395 g/mol. The van der Waals surface area contributed by atoms with Gasteiger partial charge < -0.3 is 15.6 Å². The van der Waals surface area contributed by atoms with Gasteiger partial charge in [0.05, 0.1) is 11.2 Å². The number of carbonyl (C=O) groups excluding carboxylic acids is 1. The smallest absolute Gasteiger partial charge is 0.269 e. The molecule has 0 aliphatic rings. The number of hydrogen-bond donors (Lipinski definition) is 3. The lowest BCUT2D eigenvalue weighted by Gasteiger charge is -2.08. The number of rotatable bonds is 5. The Morgan fingerprint density at radius 3 is 2.57 bits per heavy atom. The van der Waals surface area contributed by atoms with Crippen molar-refractivity contribution in [2.75, 3.05) is 20.1 Å². The Morgan fingerprint density at radius 2 is 1.82 bits per heavy atom. The van der Waals surface area contributed by atoms with Crippen LogP contribution in [0, 0.1) is 0 Å². The lowest BCUT2D eigenvalue weighted by Crippen LogP contribution is -2.31. The summed E-state index contributed by atoms with van der Waals surface area (Å²) >= 11 is 6.04. The fraction of sp³-hybridized carbons (Fsp3) is 0.143. The third-order valence-corrected chi connectivity index (χ3v) is 4.76. The maximum atomic E-state index is 12.6. The summed E-state index contributed by atoms with van der Waals surface area (Å²) in [4.78, 5) is 20.7. The van der Waals surface area contributed by atoms with Crippen molar-refractivity contribution in [2.45, 2.75) is 0 Å². The van der Waals surface area contributed by atoms with E-state index >= 15 is 0 Å². The molecule has 0 saturated heterocycles. The van der Waals surface area contributed by atoms with Gasteiger partial charge in [-0.25, -0.2) is 4.98 Å². The highest BCUT2D eigenvalue weighted by molar-refractivity contribution is 6.30. The summed E-state index contributed by atoms with van der Waals surface area (Å²) in [6.07, 6.45) is 0. The second-order valence-corrected chi connectivity index (χ2v) is 6.75. The number of nitrogens with zero attached hydrogens (tertiary/aromatic N) is 1. The van der Waals surface area contributed by atoms with Gasteiger partial charge in [0.15, 0.2) is 0 Å². The first-order valence-electron chi connectivity index (χ1n) is 8.77. The van der Waals surface area contributed by atoms with E-state index in [2.05, 4.69) is 20.6 Å². The van der Waals surface area contributed by atoms with Crippen molar-refractivity contribution in [3.8, 4) is 11.3 Å². The van der Waals surface area contributed by atoms with E-state index in [9.17, 15) is 4.79 Å². The average molecular weight is 415 g/mol. The van der Waals surface area contributed by atoms with Crippen LogP contribution in [0.3, 0.4) is 0 Å². The van der Waals surface area contributed by atoms with Crippen molar-refractivity contribution in [1.82, 2.24) is 20.6 Å². The van der Waals surface area contributed by atoms with Crippen LogP contribution in [0.1, 0.15) is 10.5 Å². The SMILES string of the molecule is CNCCNC(=O)c1cc2c([nH]c3ccccc32)c(-c2ccc(Cl)cc2)n1.Cl. The average Bonchev–Trinajstić information content (AvgIpc) is 3.07. The maximum Gasteiger partial charge on any atom is 0.269 e. The molecule has 0 saturated carbocycles. The lowest BCUT2D eigenvalue weighted by molar-refractivity contribution is 0.0949. The predicted octanol–water partition coefficient (Wildman–Crippen LogP) is 4.41. The molecule has 1 amide bonds. The van der Waals surface area contributed by atoms with Crippen LogP contribution < -0.4 is 10.6 Å². The van der Waals surface area contributed by atoms with E-state index in [1.807, 2.05) is 61.6 Å². The molecule has 0 fully saturated rings. The number of aromatic nitrogens is 2. The van der Waals surface area contributed by atoms with Crippen LogP contribution in [0.15, 0.2) is 54.6 Å². The third-order valence-electron chi connectivity index (χ3n) is 4.51. The number of halogens is 2. The number of benzene rings is 2. The van der Waals surface area contributed by atoms with Gasteiger partial charge in [-0.1, -0.05) is 41.9 Å². The van der Waals surface area contributed by atoms with Crippen LogP contribution in [0.2, 0.25) is 5.02 Å². The Morgan fingerprint density at radius 1 is 1.07 bits per heavy atom. The van der Waals surface area contributed by atoms with Gasteiger partial charge in [0.2, 0.25) is 0 Å². The molecule has 0 unspecified atom stereocenters. The van der Waals surface area contributed by atoms with Crippen molar-refractivity contribution in [2.24, 2.45) is 0 Å². The predicted molar refractivity (Wildman–Crippen MR) is 118 cm³/mol.